The number of hydrogen-bond acceptors (Lipinski definition) is 5. The van der Waals surface area contributed by atoms with Crippen LogP contribution in [0, 0.1) is 34.5 Å². The van der Waals surface area contributed by atoms with Gasteiger partial charge in [0.05, 0.1) is 12.1 Å². The SMILES string of the molecule is N#C[C@@H]1CC2CC2N1C(=O)[C@@H](N)C12CC3C[C@@H](C1)CC(N1CCCCC[C@H]1C(=O)O)(C3)C2. The zero-order chi connectivity index (χ0) is 22.3. The average Bonchev–Trinajstić information content (AvgIpc) is 3.48. The van der Waals surface area contributed by atoms with Crippen molar-refractivity contribution in [3.63, 3.8) is 0 Å². The summed E-state index contributed by atoms with van der Waals surface area (Å²) in [6, 6.07) is 1.27. The number of fused-ring (bicyclic) bond motifs is 1. The van der Waals surface area contributed by atoms with E-state index in [0.29, 0.717) is 17.8 Å². The van der Waals surface area contributed by atoms with E-state index < -0.39 is 18.1 Å². The van der Waals surface area contributed by atoms with Crippen LogP contribution in [-0.2, 0) is 9.59 Å². The second kappa shape index (κ2) is 7.17. The molecular formula is C25H36N4O3. The Labute approximate surface area is 190 Å². The fraction of sp³-hybridized carbons (Fsp3) is 0.880. The average molecular weight is 441 g/mol. The number of carboxylic acid groups (broad SMARTS) is 1. The van der Waals surface area contributed by atoms with Crippen LogP contribution in [-0.4, -0.2) is 63.0 Å². The summed E-state index contributed by atoms with van der Waals surface area (Å²) in [6.45, 7) is 0.849. The number of amides is 1. The van der Waals surface area contributed by atoms with Gasteiger partial charge in [0, 0.05) is 11.6 Å². The molecule has 7 heteroatoms. The molecule has 2 saturated heterocycles. The summed E-state index contributed by atoms with van der Waals surface area (Å²) in [5.74, 6) is 0.862. The van der Waals surface area contributed by atoms with Gasteiger partial charge < -0.3 is 15.7 Å². The van der Waals surface area contributed by atoms with Crippen LogP contribution >= 0.6 is 0 Å². The van der Waals surface area contributed by atoms with Crippen LogP contribution in [0.15, 0.2) is 0 Å². The van der Waals surface area contributed by atoms with Gasteiger partial charge in [-0.25, -0.2) is 0 Å². The largest absolute Gasteiger partial charge is 0.480 e. The van der Waals surface area contributed by atoms with Gasteiger partial charge in [-0.05, 0) is 93.9 Å². The number of hydrogen-bond donors (Lipinski definition) is 2. The van der Waals surface area contributed by atoms with E-state index in [9.17, 15) is 20.0 Å². The molecule has 4 bridgehead atoms. The number of piperidine rings is 1. The monoisotopic (exact) mass is 440 g/mol. The minimum absolute atomic E-state index is 0.00991. The molecule has 0 spiro atoms. The molecule has 5 unspecified atom stereocenters. The first kappa shape index (κ1) is 20.9. The molecule has 7 fully saturated rings. The summed E-state index contributed by atoms with van der Waals surface area (Å²) >= 11 is 0. The van der Waals surface area contributed by atoms with Gasteiger partial charge in [-0.3, -0.25) is 14.5 Å². The van der Waals surface area contributed by atoms with Gasteiger partial charge in [-0.2, -0.15) is 5.26 Å². The number of nitrogens with two attached hydrogens (primary N) is 1. The van der Waals surface area contributed by atoms with Gasteiger partial charge in [0.25, 0.3) is 0 Å². The number of carbonyl (C=O) groups is 2. The minimum Gasteiger partial charge on any atom is -0.480 e. The first-order chi connectivity index (χ1) is 15.4. The Morgan fingerprint density at radius 3 is 2.50 bits per heavy atom. The van der Waals surface area contributed by atoms with Crippen LogP contribution < -0.4 is 5.73 Å². The highest BCUT2D eigenvalue weighted by Crippen LogP contribution is 2.65. The number of rotatable bonds is 4. The fourth-order valence-corrected chi connectivity index (χ4v) is 9.23. The Morgan fingerprint density at radius 2 is 1.81 bits per heavy atom. The van der Waals surface area contributed by atoms with Crippen molar-refractivity contribution in [2.45, 2.75) is 107 Å². The number of carboxylic acids is 1. The lowest BCUT2D eigenvalue weighted by atomic mass is 9.44. The van der Waals surface area contributed by atoms with Gasteiger partial charge >= 0.3 is 5.97 Å². The molecule has 174 valence electrons. The summed E-state index contributed by atoms with van der Waals surface area (Å²) in [6.07, 6.45) is 11.8. The van der Waals surface area contributed by atoms with Crippen LogP contribution in [0.1, 0.15) is 77.0 Å². The normalized spacial score (nSPS) is 48.1. The summed E-state index contributed by atoms with van der Waals surface area (Å²) in [7, 11) is 0. The van der Waals surface area contributed by atoms with Gasteiger partial charge in [-0.1, -0.05) is 12.8 Å². The lowest BCUT2D eigenvalue weighted by Gasteiger charge is -2.66. The molecule has 7 rings (SSSR count). The van der Waals surface area contributed by atoms with Gasteiger partial charge in [0.2, 0.25) is 5.91 Å². The summed E-state index contributed by atoms with van der Waals surface area (Å²) < 4.78 is 0. The van der Waals surface area contributed by atoms with Crippen molar-refractivity contribution in [1.29, 1.82) is 5.26 Å². The van der Waals surface area contributed by atoms with E-state index in [0.717, 1.165) is 77.2 Å². The molecule has 5 aliphatic carbocycles. The first-order valence-electron chi connectivity index (χ1n) is 12.8. The molecule has 9 atom stereocenters. The quantitative estimate of drug-likeness (QED) is 0.695. The fourth-order valence-electron chi connectivity index (χ4n) is 9.23. The van der Waals surface area contributed by atoms with E-state index in [1.807, 2.05) is 4.90 Å². The Morgan fingerprint density at radius 1 is 1.06 bits per heavy atom. The summed E-state index contributed by atoms with van der Waals surface area (Å²) in [4.78, 5) is 30.2. The second-order valence-corrected chi connectivity index (χ2v) is 12.1. The van der Waals surface area contributed by atoms with Crippen LogP contribution in [0.3, 0.4) is 0 Å². The molecule has 7 nitrogen and oxygen atoms in total. The van der Waals surface area contributed by atoms with Crippen molar-refractivity contribution in [2.24, 2.45) is 28.9 Å². The highest BCUT2D eigenvalue weighted by molar-refractivity contribution is 5.84. The molecule has 5 saturated carbocycles. The smallest absolute Gasteiger partial charge is 0.320 e. The van der Waals surface area contributed by atoms with Crippen molar-refractivity contribution in [2.75, 3.05) is 6.54 Å². The summed E-state index contributed by atoms with van der Waals surface area (Å²) in [5, 5.41) is 19.7. The summed E-state index contributed by atoms with van der Waals surface area (Å²) in [5.41, 5.74) is 6.50. The maximum absolute atomic E-state index is 13.7. The van der Waals surface area contributed by atoms with E-state index in [2.05, 4.69) is 11.0 Å². The number of carbonyl (C=O) groups excluding carboxylic acids is 1. The topological polar surface area (TPSA) is 111 Å². The second-order valence-electron chi connectivity index (χ2n) is 12.1. The molecule has 1 amide bonds. The molecule has 2 heterocycles. The number of nitrogens with zero attached hydrogens (tertiary/aromatic N) is 3. The highest BCUT2D eigenvalue weighted by Gasteiger charge is 2.65. The zero-order valence-electron chi connectivity index (χ0n) is 18.9. The Bertz CT molecular complexity index is 854. The third-order valence-corrected chi connectivity index (χ3v) is 10.2. The Hall–Kier alpha value is -1.65. The van der Waals surface area contributed by atoms with E-state index in [1.165, 1.54) is 6.42 Å². The molecular weight excluding hydrogens is 404 g/mol. The van der Waals surface area contributed by atoms with Gasteiger partial charge in [0.1, 0.15) is 12.1 Å². The standard InChI is InChI=1S/C25H36N4O3/c26-13-18-7-17-8-20(17)29(18)22(30)21(27)24-9-15-6-16(10-24)12-25(11-15,14-24)28-5-3-1-2-4-19(28)23(31)32/h15-21H,1-12,14,27H2,(H,31,32)/t15-,16?,17?,18-,19-,20?,21+,24?,25?/m0/s1. The third kappa shape index (κ3) is 2.98. The molecule has 2 aliphatic heterocycles. The number of nitriles is 1. The highest BCUT2D eigenvalue weighted by atomic mass is 16.4. The lowest BCUT2D eigenvalue weighted by Crippen LogP contribution is -2.70. The molecule has 0 radical (unpaired) electrons. The van der Waals surface area contributed by atoms with E-state index in [4.69, 9.17) is 5.73 Å². The van der Waals surface area contributed by atoms with Crippen molar-refractivity contribution in [3.8, 4) is 6.07 Å². The maximum Gasteiger partial charge on any atom is 0.320 e. The van der Waals surface area contributed by atoms with Crippen LogP contribution in [0.5, 0.6) is 0 Å². The van der Waals surface area contributed by atoms with E-state index in [-0.39, 0.29) is 28.9 Å². The number of likely N-dealkylation sites (tertiary alicyclic amines) is 2. The van der Waals surface area contributed by atoms with Crippen molar-refractivity contribution in [1.82, 2.24) is 9.80 Å². The third-order valence-electron chi connectivity index (χ3n) is 10.2. The molecule has 32 heavy (non-hydrogen) atoms. The van der Waals surface area contributed by atoms with Crippen molar-refractivity contribution in [3.05, 3.63) is 0 Å². The van der Waals surface area contributed by atoms with Crippen molar-refractivity contribution >= 4 is 11.9 Å². The van der Waals surface area contributed by atoms with Gasteiger partial charge in [0.15, 0.2) is 0 Å². The molecule has 0 aromatic carbocycles. The van der Waals surface area contributed by atoms with Crippen LogP contribution in [0.25, 0.3) is 0 Å². The maximum atomic E-state index is 13.7. The van der Waals surface area contributed by atoms with Crippen LogP contribution in [0.2, 0.25) is 0 Å². The molecule has 0 aromatic rings. The van der Waals surface area contributed by atoms with E-state index in [1.54, 1.807) is 0 Å². The molecule has 3 N–H and O–H groups in total. The Kier molecular flexibility index (Phi) is 4.69. The molecule has 0 aromatic heterocycles. The lowest BCUT2D eigenvalue weighted by molar-refractivity contribution is -0.174. The first-order valence-corrected chi connectivity index (χ1v) is 12.8. The zero-order valence-corrected chi connectivity index (χ0v) is 18.9. The van der Waals surface area contributed by atoms with Gasteiger partial charge in [-0.15, -0.1) is 0 Å². The van der Waals surface area contributed by atoms with E-state index >= 15 is 0 Å². The van der Waals surface area contributed by atoms with Crippen molar-refractivity contribution < 1.29 is 14.7 Å². The molecule has 7 aliphatic rings. The predicted molar refractivity (Wildman–Crippen MR) is 117 cm³/mol. The van der Waals surface area contributed by atoms with Crippen LogP contribution in [0.4, 0.5) is 0 Å². The Balaban J connectivity index is 1.31. The minimum atomic E-state index is -0.689. The number of aliphatic carboxylic acids is 1. The predicted octanol–water partition coefficient (Wildman–Crippen LogP) is 2.49.